The molecule has 102 valence electrons. The lowest BCUT2D eigenvalue weighted by molar-refractivity contribution is 1.04. The highest BCUT2D eigenvalue weighted by atomic mass is 32.2. The molecule has 1 aromatic carbocycles. The van der Waals surface area contributed by atoms with Gasteiger partial charge in [0.2, 0.25) is 0 Å². The Labute approximate surface area is 124 Å². The fraction of sp³-hybridized carbons (Fsp3) is 0.375. The van der Waals surface area contributed by atoms with Gasteiger partial charge in [-0.3, -0.25) is 0 Å². The standard InChI is InChI=1S/C16H21NS2/c1-13(2)19-12-14-5-7-15(8-6-14)17-10-9-16-4-3-11-18-16/h3-8,11,13,17H,9-10,12H2,1-2H3. The summed E-state index contributed by atoms with van der Waals surface area (Å²) in [5.74, 6) is 1.10. The van der Waals surface area contributed by atoms with Crippen LogP contribution in [0.15, 0.2) is 41.8 Å². The summed E-state index contributed by atoms with van der Waals surface area (Å²) in [5.41, 5.74) is 2.62. The average molecular weight is 291 g/mol. The lowest BCUT2D eigenvalue weighted by Gasteiger charge is -2.08. The number of benzene rings is 1. The van der Waals surface area contributed by atoms with Crippen molar-refractivity contribution in [1.82, 2.24) is 0 Å². The third-order valence-electron chi connectivity index (χ3n) is 2.82. The van der Waals surface area contributed by atoms with Gasteiger partial charge in [-0.15, -0.1) is 11.3 Å². The van der Waals surface area contributed by atoms with E-state index in [1.54, 1.807) is 0 Å². The summed E-state index contributed by atoms with van der Waals surface area (Å²) in [4.78, 5) is 1.44. The van der Waals surface area contributed by atoms with Gasteiger partial charge < -0.3 is 5.32 Å². The molecule has 0 bridgehead atoms. The van der Waals surface area contributed by atoms with Crippen LogP contribution in [0.4, 0.5) is 5.69 Å². The topological polar surface area (TPSA) is 12.0 Å². The van der Waals surface area contributed by atoms with E-state index in [2.05, 4.69) is 60.9 Å². The first-order valence-electron chi connectivity index (χ1n) is 6.71. The zero-order chi connectivity index (χ0) is 13.5. The lowest BCUT2D eigenvalue weighted by atomic mass is 10.2. The van der Waals surface area contributed by atoms with Crippen LogP contribution in [0.1, 0.15) is 24.3 Å². The van der Waals surface area contributed by atoms with Crippen LogP contribution in [0.25, 0.3) is 0 Å². The smallest absolute Gasteiger partial charge is 0.0340 e. The summed E-state index contributed by atoms with van der Waals surface area (Å²) in [6.07, 6.45) is 1.10. The molecule has 1 N–H and O–H groups in total. The van der Waals surface area contributed by atoms with E-state index in [0.29, 0.717) is 5.25 Å². The first kappa shape index (κ1) is 14.5. The minimum Gasteiger partial charge on any atom is -0.385 e. The molecule has 0 amide bonds. The molecule has 1 aromatic heterocycles. The van der Waals surface area contributed by atoms with Gasteiger partial charge >= 0.3 is 0 Å². The second-order valence-electron chi connectivity index (χ2n) is 4.81. The van der Waals surface area contributed by atoms with E-state index in [1.165, 1.54) is 16.1 Å². The molecular formula is C16H21NS2. The zero-order valence-corrected chi connectivity index (χ0v) is 13.2. The van der Waals surface area contributed by atoms with Gasteiger partial charge in [-0.05, 0) is 40.8 Å². The summed E-state index contributed by atoms with van der Waals surface area (Å²) < 4.78 is 0. The second kappa shape index (κ2) is 7.61. The van der Waals surface area contributed by atoms with E-state index < -0.39 is 0 Å². The summed E-state index contributed by atoms with van der Waals surface area (Å²) >= 11 is 3.81. The van der Waals surface area contributed by atoms with E-state index in [-0.39, 0.29) is 0 Å². The molecule has 3 heteroatoms. The normalized spacial score (nSPS) is 10.9. The maximum atomic E-state index is 3.47. The molecule has 19 heavy (non-hydrogen) atoms. The first-order valence-corrected chi connectivity index (χ1v) is 8.63. The van der Waals surface area contributed by atoms with Gasteiger partial charge in [0.25, 0.3) is 0 Å². The molecule has 1 nitrogen and oxygen atoms in total. The molecule has 0 radical (unpaired) electrons. The van der Waals surface area contributed by atoms with Crippen LogP contribution < -0.4 is 5.32 Å². The number of thiophene rings is 1. The fourth-order valence-electron chi connectivity index (χ4n) is 1.77. The van der Waals surface area contributed by atoms with Crippen molar-refractivity contribution in [2.24, 2.45) is 0 Å². The highest BCUT2D eigenvalue weighted by molar-refractivity contribution is 7.99. The first-order chi connectivity index (χ1) is 9.24. The molecule has 0 aliphatic rings. The van der Waals surface area contributed by atoms with Crippen LogP contribution in [0.5, 0.6) is 0 Å². The Bertz CT molecular complexity index is 460. The van der Waals surface area contributed by atoms with Crippen LogP contribution >= 0.6 is 23.1 Å². The van der Waals surface area contributed by atoms with Crippen molar-refractivity contribution in [2.75, 3.05) is 11.9 Å². The molecule has 0 saturated heterocycles. The SMILES string of the molecule is CC(C)SCc1ccc(NCCc2cccs2)cc1. The van der Waals surface area contributed by atoms with Gasteiger partial charge in [0.15, 0.2) is 0 Å². The summed E-state index contributed by atoms with van der Waals surface area (Å²) in [6, 6.07) is 13.1. The molecule has 0 aliphatic carbocycles. The third-order valence-corrected chi connectivity index (χ3v) is 4.92. The number of nitrogens with one attached hydrogen (secondary N) is 1. The number of thioether (sulfide) groups is 1. The van der Waals surface area contributed by atoms with Crippen LogP contribution in [-0.2, 0) is 12.2 Å². The van der Waals surface area contributed by atoms with Gasteiger partial charge in [-0.25, -0.2) is 0 Å². The second-order valence-corrected chi connectivity index (χ2v) is 7.41. The molecular weight excluding hydrogens is 270 g/mol. The number of hydrogen-bond acceptors (Lipinski definition) is 3. The van der Waals surface area contributed by atoms with E-state index in [4.69, 9.17) is 0 Å². The van der Waals surface area contributed by atoms with Gasteiger partial charge in [-0.2, -0.15) is 11.8 Å². The minimum absolute atomic E-state index is 0.698. The Morgan fingerprint density at radius 3 is 2.58 bits per heavy atom. The van der Waals surface area contributed by atoms with Crippen LogP contribution in [0, 0.1) is 0 Å². The Morgan fingerprint density at radius 2 is 1.95 bits per heavy atom. The van der Waals surface area contributed by atoms with Crippen molar-refractivity contribution in [2.45, 2.75) is 31.3 Å². The fourth-order valence-corrected chi connectivity index (χ4v) is 3.19. The minimum atomic E-state index is 0.698. The van der Waals surface area contributed by atoms with Crippen molar-refractivity contribution < 1.29 is 0 Å². The Hall–Kier alpha value is -0.930. The Kier molecular flexibility index (Phi) is 5.80. The van der Waals surface area contributed by atoms with Crippen LogP contribution in [0.3, 0.4) is 0 Å². The molecule has 0 saturated carbocycles. The number of rotatable bonds is 7. The number of anilines is 1. The zero-order valence-electron chi connectivity index (χ0n) is 11.6. The van der Waals surface area contributed by atoms with Gasteiger partial charge in [-0.1, -0.05) is 32.0 Å². The largest absolute Gasteiger partial charge is 0.385 e. The van der Waals surface area contributed by atoms with E-state index >= 15 is 0 Å². The predicted molar refractivity (Wildman–Crippen MR) is 89.4 cm³/mol. The third kappa shape index (κ3) is 5.29. The molecule has 0 unspecified atom stereocenters. The van der Waals surface area contributed by atoms with Gasteiger partial charge in [0.1, 0.15) is 0 Å². The molecule has 1 heterocycles. The lowest BCUT2D eigenvalue weighted by Crippen LogP contribution is -2.03. The van der Waals surface area contributed by atoms with Gasteiger partial charge in [0, 0.05) is 22.9 Å². The summed E-state index contributed by atoms with van der Waals surface area (Å²) in [7, 11) is 0. The highest BCUT2D eigenvalue weighted by Gasteiger charge is 1.98. The molecule has 0 atom stereocenters. The van der Waals surface area contributed by atoms with Crippen molar-refractivity contribution in [3.63, 3.8) is 0 Å². The average Bonchev–Trinajstić information content (AvgIpc) is 2.91. The highest BCUT2D eigenvalue weighted by Crippen LogP contribution is 2.19. The van der Waals surface area contributed by atoms with Crippen molar-refractivity contribution >= 4 is 28.8 Å². The molecule has 0 spiro atoms. The predicted octanol–water partition coefficient (Wildman–Crippen LogP) is 5.04. The Morgan fingerprint density at radius 1 is 1.16 bits per heavy atom. The van der Waals surface area contributed by atoms with E-state index in [9.17, 15) is 0 Å². The van der Waals surface area contributed by atoms with Crippen molar-refractivity contribution in [1.29, 1.82) is 0 Å². The molecule has 2 aromatic rings. The molecule has 2 rings (SSSR count). The quantitative estimate of drug-likeness (QED) is 0.766. The maximum absolute atomic E-state index is 3.47. The van der Waals surface area contributed by atoms with Crippen LogP contribution in [-0.4, -0.2) is 11.8 Å². The van der Waals surface area contributed by atoms with Crippen LogP contribution in [0.2, 0.25) is 0 Å². The Balaban J connectivity index is 1.75. The summed E-state index contributed by atoms with van der Waals surface area (Å²) in [6.45, 7) is 5.48. The summed E-state index contributed by atoms with van der Waals surface area (Å²) in [5, 5.41) is 6.31. The number of hydrogen-bond donors (Lipinski definition) is 1. The van der Waals surface area contributed by atoms with Gasteiger partial charge in [0.05, 0.1) is 0 Å². The van der Waals surface area contributed by atoms with Crippen molar-refractivity contribution in [3.8, 4) is 0 Å². The van der Waals surface area contributed by atoms with E-state index in [1.807, 2.05) is 23.1 Å². The molecule has 0 aliphatic heterocycles. The maximum Gasteiger partial charge on any atom is 0.0340 e. The molecule has 0 fully saturated rings. The monoisotopic (exact) mass is 291 g/mol. The van der Waals surface area contributed by atoms with Crippen molar-refractivity contribution in [3.05, 3.63) is 52.2 Å². The van der Waals surface area contributed by atoms with E-state index in [0.717, 1.165) is 18.7 Å².